The number of ether oxygens (including phenoxy) is 1. The molecule has 1 aliphatic rings. The molecule has 0 unspecified atom stereocenters. The highest BCUT2D eigenvalue weighted by Crippen LogP contribution is 2.24. The third kappa shape index (κ3) is 3.78. The van der Waals surface area contributed by atoms with E-state index >= 15 is 0 Å². The summed E-state index contributed by atoms with van der Waals surface area (Å²) in [5, 5.41) is 0. The lowest BCUT2D eigenvalue weighted by atomic mass is 10.1. The average molecular weight is 289 g/mol. The first kappa shape index (κ1) is 15.9. The molecule has 1 amide bonds. The summed E-state index contributed by atoms with van der Waals surface area (Å²) in [4.78, 5) is 14.5. The first-order chi connectivity index (χ1) is 10.0. The van der Waals surface area contributed by atoms with Crippen molar-refractivity contribution in [3.8, 4) is 5.75 Å². The maximum absolute atomic E-state index is 12.6. The fourth-order valence-corrected chi connectivity index (χ4v) is 2.96. The van der Waals surface area contributed by atoms with Gasteiger partial charge >= 0.3 is 0 Å². The second-order valence-electron chi connectivity index (χ2n) is 6.15. The molecule has 116 valence electrons. The standard InChI is InChI=1S/C18H27NO2/c1-5-17(18(20)19(4)15-8-6-7-9-15)21-16-11-10-13(2)14(3)12-16/h10-12,15,17H,5-9H2,1-4H3/t17-/m0/s1. The molecule has 21 heavy (non-hydrogen) atoms. The molecule has 0 aliphatic heterocycles. The molecule has 1 aliphatic carbocycles. The van der Waals surface area contributed by atoms with E-state index in [1.807, 2.05) is 37.1 Å². The van der Waals surface area contributed by atoms with Crippen molar-refractivity contribution < 1.29 is 9.53 Å². The van der Waals surface area contributed by atoms with Crippen LogP contribution >= 0.6 is 0 Å². The van der Waals surface area contributed by atoms with Gasteiger partial charge in [0.25, 0.3) is 5.91 Å². The number of carbonyl (C=O) groups is 1. The molecule has 1 atom stereocenters. The van der Waals surface area contributed by atoms with Crippen LogP contribution in [0, 0.1) is 13.8 Å². The van der Waals surface area contributed by atoms with E-state index in [0.29, 0.717) is 12.5 Å². The molecule has 0 aromatic heterocycles. The number of carbonyl (C=O) groups excluding carboxylic acids is 1. The Morgan fingerprint density at radius 2 is 1.95 bits per heavy atom. The van der Waals surface area contributed by atoms with Crippen molar-refractivity contribution in [3.63, 3.8) is 0 Å². The van der Waals surface area contributed by atoms with E-state index in [4.69, 9.17) is 4.74 Å². The molecule has 1 fully saturated rings. The number of aryl methyl sites for hydroxylation is 2. The largest absolute Gasteiger partial charge is 0.481 e. The van der Waals surface area contributed by atoms with Crippen molar-refractivity contribution in [2.75, 3.05) is 7.05 Å². The summed E-state index contributed by atoms with van der Waals surface area (Å²) in [7, 11) is 1.92. The van der Waals surface area contributed by atoms with Crippen molar-refractivity contribution in [1.82, 2.24) is 4.90 Å². The van der Waals surface area contributed by atoms with Gasteiger partial charge < -0.3 is 9.64 Å². The number of rotatable bonds is 5. The van der Waals surface area contributed by atoms with Crippen LogP contribution in [0.25, 0.3) is 0 Å². The minimum Gasteiger partial charge on any atom is -0.481 e. The quantitative estimate of drug-likeness (QED) is 0.823. The Labute approximate surface area is 128 Å². The molecule has 3 nitrogen and oxygen atoms in total. The van der Waals surface area contributed by atoms with Crippen molar-refractivity contribution in [1.29, 1.82) is 0 Å². The first-order valence-corrected chi connectivity index (χ1v) is 8.03. The van der Waals surface area contributed by atoms with Crippen LogP contribution in [-0.2, 0) is 4.79 Å². The summed E-state index contributed by atoms with van der Waals surface area (Å²) >= 11 is 0. The van der Waals surface area contributed by atoms with Gasteiger partial charge in [-0.15, -0.1) is 0 Å². The zero-order valence-electron chi connectivity index (χ0n) is 13.7. The van der Waals surface area contributed by atoms with Crippen LogP contribution in [0.3, 0.4) is 0 Å². The lowest BCUT2D eigenvalue weighted by Crippen LogP contribution is -2.44. The molecule has 0 bridgehead atoms. The number of benzene rings is 1. The molecule has 0 spiro atoms. The van der Waals surface area contributed by atoms with Gasteiger partial charge in [0.1, 0.15) is 5.75 Å². The number of nitrogens with zero attached hydrogens (tertiary/aromatic N) is 1. The van der Waals surface area contributed by atoms with Crippen molar-refractivity contribution in [2.24, 2.45) is 0 Å². The van der Waals surface area contributed by atoms with E-state index in [9.17, 15) is 4.79 Å². The molecular weight excluding hydrogens is 262 g/mol. The highest BCUT2D eigenvalue weighted by molar-refractivity contribution is 5.81. The number of hydrogen-bond donors (Lipinski definition) is 0. The predicted octanol–water partition coefficient (Wildman–Crippen LogP) is 3.86. The summed E-state index contributed by atoms with van der Waals surface area (Å²) < 4.78 is 5.95. The molecule has 0 radical (unpaired) electrons. The van der Waals surface area contributed by atoms with Gasteiger partial charge in [0, 0.05) is 13.1 Å². The summed E-state index contributed by atoms with van der Waals surface area (Å²) in [5.74, 6) is 0.903. The van der Waals surface area contributed by atoms with Crippen LogP contribution in [-0.4, -0.2) is 30.0 Å². The molecule has 2 rings (SSSR count). The van der Waals surface area contributed by atoms with Gasteiger partial charge in [-0.05, 0) is 56.4 Å². The highest BCUT2D eigenvalue weighted by atomic mass is 16.5. The summed E-state index contributed by atoms with van der Waals surface area (Å²) in [6, 6.07) is 6.41. The SMILES string of the molecule is CC[C@H](Oc1ccc(C)c(C)c1)C(=O)N(C)C1CCCC1. The van der Waals surface area contributed by atoms with E-state index in [1.54, 1.807) is 0 Å². The molecule has 1 saturated carbocycles. The minimum absolute atomic E-state index is 0.114. The number of amides is 1. The van der Waals surface area contributed by atoms with Gasteiger partial charge in [0.05, 0.1) is 0 Å². The maximum atomic E-state index is 12.6. The van der Waals surface area contributed by atoms with Crippen LogP contribution in [0.4, 0.5) is 0 Å². The fourth-order valence-electron chi connectivity index (χ4n) is 2.96. The lowest BCUT2D eigenvalue weighted by molar-refractivity contribution is -0.139. The molecule has 0 N–H and O–H groups in total. The van der Waals surface area contributed by atoms with Crippen molar-refractivity contribution >= 4 is 5.91 Å². The smallest absolute Gasteiger partial charge is 0.263 e. The summed E-state index contributed by atoms with van der Waals surface area (Å²) in [6.45, 7) is 6.15. The van der Waals surface area contributed by atoms with Gasteiger partial charge in [-0.1, -0.05) is 25.8 Å². The van der Waals surface area contributed by atoms with E-state index < -0.39 is 0 Å². The van der Waals surface area contributed by atoms with Gasteiger partial charge in [0.15, 0.2) is 6.10 Å². The van der Waals surface area contributed by atoms with Crippen LogP contribution in [0.1, 0.15) is 50.2 Å². The van der Waals surface area contributed by atoms with E-state index in [0.717, 1.165) is 18.6 Å². The second kappa shape index (κ2) is 6.97. The Bertz CT molecular complexity index is 492. The molecule has 0 heterocycles. The average Bonchev–Trinajstić information content (AvgIpc) is 3.01. The van der Waals surface area contributed by atoms with Crippen LogP contribution in [0.5, 0.6) is 5.75 Å². The fraction of sp³-hybridized carbons (Fsp3) is 0.611. The number of likely N-dealkylation sites (N-methyl/N-ethyl adjacent to an activating group) is 1. The topological polar surface area (TPSA) is 29.5 Å². The van der Waals surface area contributed by atoms with Gasteiger partial charge in [0.2, 0.25) is 0 Å². The normalized spacial score (nSPS) is 16.8. The van der Waals surface area contributed by atoms with Crippen LogP contribution in [0.2, 0.25) is 0 Å². The third-order valence-electron chi connectivity index (χ3n) is 4.62. The monoisotopic (exact) mass is 289 g/mol. The second-order valence-corrected chi connectivity index (χ2v) is 6.15. The van der Waals surface area contributed by atoms with Gasteiger partial charge in [-0.2, -0.15) is 0 Å². The minimum atomic E-state index is -0.377. The van der Waals surface area contributed by atoms with Crippen LogP contribution < -0.4 is 4.74 Å². The van der Waals surface area contributed by atoms with E-state index in [2.05, 4.69) is 13.8 Å². The first-order valence-electron chi connectivity index (χ1n) is 8.03. The summed E-state index contributed by atoms with van der Waals surface area (Å²) in [6.07, 6.45) is 5.04. The maximum Gasteiger partial charge on any atom is 0.263 e. The van der Waals surface area contributed by atoms with E-state index in [-0.39, 0.29) is 12.0 Å². The number of hydrogen-bond acceptors (Lipinski definition) is 2. The Kier molecular flexibility index (Phi) is 5.27. The van der Waals surface area contributed by atoms with Gasteiger partial charge in [-0.3, -0.25) is 4.79 Å². The third-order valence-corrected chi connectivity index (χ3v) is 4.62. The Hall–Kier alpha value is -1.51. The predicted molar refractivity (Wildman–Crippen MR) is 85.6 cm³/mol. The summed E-state index contributed by atoms with van der Waals surface area (Å²) in [5.41, 5.74) is 2.43. The highest BCUT2D eigenvalue weighted by Gasteiger charge is 2.29. The van der Waals surface area contributed by atoms with Crippen LogP contribution in [0.15, 0.2) is 18.2 Å². The lowest BCUT2D eigenvalue weighted by Gasteiger charge is -2.28. The Morgan fingerprint density at radius 3 is 2.52 bits per heavy atom. The van der Waals surface area contributed by atoms with Crippen molar-refractivity contribution in [3.05, 3.63) is 29.3 Å². The van der Waals surface area contributed by atoms with Gasteiger partial charge in [-0.25, -0.2) is 0 Å². The zero-order valence-corrected chi connectivity index (χ0v) is 13.7. The molecular formula is C18H27NO2. The molecule has 1 aromatic rings. The van der Waals surface area contributed by atoms with Crippen molar-refractivity contribution in [2.45, 2.75) is 65.0 Å². The Morgan fingerprint density at radius 1 is 1.29 bits per heavy atom. The Balaban J connectivity index is 2.04. The molecule has 1 aromatic carbocycles. The molecule has 0 saturated heterocycles. The molecule has 3 heteroatoms. The zero-order chi connectivity index (χ0) is 15.4. The van der Waals surface area contributed by atoms with E-state index in [1.165, 1.54) is 24.0 Å².